The Morgan fingerprint density at radius 3 is 2.35 bits per heavy atom. The number of ether oxygens (including phenoxy) is 2. The molecule has 1 saturated carbocycles. The van der Waals surface area contributed by atoms with Crippen LogP contribution in [0.5, 0.6) is 0 Å². The molecule has 0 aromatic rings. The molecular formula is C12H24N2O3. The van der Waals surface area contributed by atoms with Crippen molar-refractivity contribution in [3.8, 4) is 0 Å². The van der Waals surface area contributed by atoms with E-state index >= 15 is 0 Å². The third-order valence-electron chi connectivity index (χ3n) is 3.64. The van der Waals surface area contributed by atoms with Crippen molar-refractivity contribution in [2.45, 2.75) is 38.4 Å². The maximum Gasteiger partial charge on any atom is 0.227 e. The van der Waals surface area contributed by atoms with E-state index in [1.54, 1.807) is 14.2 Å². The van der Waals surface area contributed by atoms with Crippen molar-refractivity contribution in [1.29, 1.82) is 0 Å². The molecule has 5 nitrogen and oxygen atoms in total. The normalized spacial score (nSPS) is 19.3. The Morgan fingerprint density at radius 1 is 1.29 bits per heavy atom. The van der Waals surface area contributed by atoms with E-state index < -0.39 is 6.29 Å². The zero-order valence-electron chi connectivity index (χ0n) is 10.8. The van der Waals surface area contributed by atoms with Crippen molar-refractivity contribution >= 4 is 5.91 Å². The second-order valence-electron chi connectivity index (χ2n) is 4.66. The smallest absolute Gasteiger partial charge is 0.227 e. The van der Waals surface area contributed by atoms with Crippen LogP contribution in [0.15, 0.2) is 0 Å². The van der Waals surface area contributed by atoms with Crippen LogP contribution in [-0.2, 0) is 14.3 Å². The molecule has 0 aliphatic heterocycles. The van der Waals surface area contributed by atoms with Gasteiger partial charge in [-0.1, -0.05) is 19.3 Å². The van der Waals surface area contributed by atoms with Crippen molar-refractivity contribution in [1.82, 2.24) is 5.32 Å². The monoisotopic (exact) mass is 244 g/mol. The minimum absolute atomic E-state index is 0.0406. The van der Waals surface area contributed by atoms with Crippen molar-refractivity contribution < 1.29 is 14.3 Å². The number of methoxy groups -OCH3 is 2. The summed E-state index contributed by atoms with van der Waals surface area (Å²) in [4.78, 5) is 12.2. The van der Waals surface area contributed by atoms with Gasteiger partial charge < -0.3 is 20.5 Å². The maximum atomic E-state index is 12.2. The molecule has 0 radical (unpaired) electrons. The molecule has 5 heteroatoms. The van der Waals surface area contributed by atoms with E-state index in [0.717, 1.165) is 25.7 Å². The summed E-state index contributed by atoms with van der Waals surface area (Å²) < 4.78 is 10.1. The van der Waals surface area contributed by atoms with E-state index in [1.807, 2.05) is 0 Å². The van der Waals surface area contributed by atoms with Gasteiger partial charge in [0.1, 0.15) is 0 Å². The van der Waals surface area contributed by atoms with Gasteiger partial charge >= 0.3 is 0 Å². The molecule has 0 heterocycles. The lowest BCUT2D eigenvalue weighted by Crippen LogP contribution is -2.49. The summed E-state index contributed by atoms with van der Waals surface area (Å²) in [6.07, 6.45) is 4.76. The Kier molecular flexibility index (Phi) is 5.88. The zero-order chi connectivity index (χ0) is 12.7. The van der Waals surface area contributed by atoms with Gasteiger partial charge in [-0.05, 0) is 12.8 Å². The lowest BCUT2D eigenvalue weighted by molar-refractivity contribution is -0.137. The molecule has 3 N–H and O–H groups in total. The number of carbonyl (C=O) groups excluding carboxylic acids is 1. The van der Waals surface area contributed by atoms with Crippen molar-refractivity contribution in [2.24, 2.45) is 11.1 Å². The molecule has 1 amide bonds. The van der Waals surface area contributed by atoms with Crippen LogP contribution in [0.2, 0.25) is 0 Å². The van der Waals surface area contributed by atoms with Crippen molar-refractivity contribution in [2.75, 3.05) is 27.3 Å². The first kappa shape index (κ1) is 14.4. The van der Waals surface area contributed by atoms with Crippen molar-refractivity contribution in [3.05, 3.63) is 0 Å². The molecule has 1 aliphatic rings. The van der Waals surface area contributed by atoms with E-state index in [4.69, 9.17) is 15.2 Å². The summed E-state index contributed by atoms with van der Waals surface area (Å²) in [6, 6.07) is 0. The lowest BCUT2D eigenvalue weighted by atomic mass is 9.73. The second-order valence-corrected chi connectivity index (χ2v) is 4.66. The third-order valence-corrected chi connectivity index (χ3v) is 3.64. The van der Waals surface area contributed by atoms with Gasteiger partial charge in [0.05, 0.1) is 12.0 Å². The zero-order valence-corrected chi connectivity index (χ0v) is 10.8. The van der Waals surface area contributed by atoms with Gasteiger partial charge in [-0.25, -0.2) is 0 Å². The van der Waals surface area contributed by atoms with Crippen LogP contribution in [0.1, 0.15) is 32.1 Å². The van der Waals surface area contributed by atoms with Crippen LogP contribution in [-0.4, -0.2) is 39.5 Å². The molecule has 0 unspecified atom stereocenters. The molecule has 0 spiro atoms. The van der Waals surface area contributed by atoms with Gasteiger partial charge in [0.15, 0.2) is 6.29 Å². The number of hydrogen-bond acceptors (Lipinski definition) is 4. The van der Waals surface area contributed by atoms with Crippen LogP contribution in [0.25, 0.3) is 0 Å². The third kappa shape index (κ3) is 3.66. The standard InChI is InChI=1S/C12H24N2O3/c1-16-10(17-2)8-14-11(15)12(9-13)6-4-3-5-7-12/h10H,3-9,13H2,1-2H3,(H,14,15). The molecule has 1 rings (SSSR count). The highest BCUT2D eigenvalue weighted by Gasteiger charge is 2.38. The van der Waals surface area contributed by atoms with Gasteiger partial charge in [-0.15, -0.1) is 0 Å². The van der Waals surface area contributed by atoms with E-state index in [0.29, 0.717) is 13.1 Å². The van der Waals surface area contributed by atoms with Crippen LogP contribution in [0.3, 0.4) is 0 Å². The van der Waals surface area contributed by atoms with E-state index in [2.05, 4.69) is 5.32 Å². The summed E-state index contributed by atoms with van der Waals surface area (Å²) in [5.41, 5.74) is 5.42. The fraction of sp³-hybridized carbons (Fsp3) is 0.917. The maximum absolute atomic E-state index is 12.2. The highest BCUT2D eigenvalue weighted by Crippen LogP contribution is 2.35. The summed E-state index contributed by atoms with van der Waals surface area (Å²) in [5.74, 6) is 0.0406. The average Bonchev–Trinajstić information content (AvgIpc) is 2.40. The lowest BCUT2D eigenvalue weighted by Gasteiger charge is -2.34. The Balaban J connectivity index is 2.48. The number of carbonyl (C=O) groups is 1. The number of nitrogens with two attached hydrogens (primary N) is 1. The van der Waals surface area contributed by atoms with E-state index in [-0.39, 0.29) is 11.3 Å². The van der Waals surface area contributed by atoms with Crippen LogP contribution in [0.4, 0.5) is 0 Å². The SMILES string of the molecule is COC(CNC(=O)C1(CN)CCCCC1)OC. The highest BCUT2D eigenvalue weighted by atomic mass is 16.7. The molecule has 1 fully saturated rings. The number of rotatable bonds is 6. The topological polar surface area (TPSA) is 73.6 Å². The largest absolute Gasteiger partial charge is 0.354 e. The van der Waals surface area contributed by atoms with Gasteiger partial charge in [0.2, 0.25) is 5.91 Å². The molecule has 0 saturated heterocycles. The Labute approximate surface area is 103 Å². The molecule has 0 atom stereocenters. The van der Waals surface area contributed by atoms with Gasteiger partial charge in [0, 0.05) is 20.8 Å². The molecule has 0 aromatic heterocycles. The first-order valence-corrected chi connectivity index (χ1v) is 6.22. The highest BCUT2D eigenvalue weighted by molar-refractivity contribution is 5.83. The second kappa shape index (κ2) is 6.93. The van der Waals surface area contributed by atoms with Gasteiger partial charge in [0.25, 0.3) is 0 Å². The molecule has 0 bridgehead atoms. The molecular weight excluding hydrogens is 220 g/mol. The minimum Gasteiger partial charge on any atom is -0.354 e. The Hall–Kier alpha value is -0.650. The van der Waals surface area contributed by atoms with Crippen LogP contribution < -0.4 is 11.1 Å². The van der Waals surface area contributed by atoms with Gasteiger partial charge in [-0.2, -0.15) is 0 Å². The Morgan fingerprint density at radius 2 is 1.88 bits per heavy atom. The average molecular weight is 244 g/mol. The van der Waals surface area contributed by atoms with Gasteiger partial charge in [-0.3, -0.25) is 4.79 Å². The predicted octanol–water partition coefficient (Wildman–Crippen LogP) is 0.631. The van der Waals surface area contributed by atoms with E-state index in [9.17, 15) is 4.79 Å². The number of amides is 1. The minimum atomic E-state index is -0.391. The number of hydrogen-bond donors (Lipinski definition) is 2. The Bertz CT molecular complexity index is 236. The molecule has 1 aliphatic carbocycles. The number of nitrogens with one attached hydrogen (secondary N) is 1. The molecule has 17 heavy (non-hydrogen) atoms. The van der Waals surface area contributed by atoms with Crippen molar-refractivity contribution in [3.63, 3.8) is 0 Å². The quantitative estimate of drug-likeness (QED) is 0.672. The predicted molar refractivity (Wildman–Crippen MR) is 65.4 cm³/mol. The summed E-state index contributed by atoms with van der Waals surface area (Å²) in [5, 5.41) is 2.88. The molecule has 100 valence electrons. The fourth-order valence-corrected chi connectivity index (χ4v) is 2.38. The van der Waals surface area contributed by atoms with Crippen LogP contribution >= 0.6 is 0 Å². The summed E-state index contributed by atoms with van der Waals surface area (Å²) in [7, 11) is 3.11. The summed E-state index contributed by atoms with van der Waals surface area (Å²) >= 11 is 0. The summed E-state index contributed by atoms with van der Waals surface area (Å²) in [6.45, 7) is 0.789. The molecule has 0 aromatic carbocycles. The van der Waals surface area contributed by atoms with Crippen LogP contribution in [0, 0.1) is 5.41 Å². The fourth-order valence-electron chi connectivity index (χ4n) is 2.38. The van der Waals surface area contributed by atoms with E-state index in [1.165, 1.54) is 6.42 Å². The first-order valence-electron chi connectivity index (χ1n) is 6.22. The first-order chi connectivity index (χ1) is 8.18.